The minimum absolute atomic E-state index is 0.895. The summed E-state index contributed by atoms with van der Waals surface area (Å²) in [4.78, 5) is 3.56. The molecule has 124 valence electrons. The monoisotopic (exact) mass is 353 g/mol. The van der Waals surface area contributed by atoms with Crippen LogP contribution >= 0.6 is 0 Å². The smallest absolute Gasteiger partial charge is 0.0952 e. The zero-order valence-electron chi connectivity index (χ0n) is 13.9. The van der Waals surface area contributed by atoms with E-state index in [0.29, 0.717) is 0 Å². The van der Waals surface area contributed by atoms with Crippen molar-refractivity contribution in [2.45, 2.75) is 0 Å². The van der Waals surface area contributed by atoms with Crippen LogP contribution in [-0.4, -0.2) is 9.76 Å². The molecule has 3 heteroatoms. The first-order valence-corrected chi connectivity index (χ1v) is 9.74. The number of hydrogen-bond acceptors (Lipinski definition) is 2. The van der Waals surface area contributed by atoms with Gasteiger partial charge in [-0.3, -0.25) is 4.99 Å². The van der Waals surface area contributed by atoms with Crippen molar-refractivity contribution in [1.29, 1.82) is 0 Å². The van der Waals surface area contributed by atoms with Crippen LogP contribution in [0.2, 0.25) is 0 Å². The molecule has 0 bridgehead atoms. The Labute approximate surface area is 153 Å². The van der Waals surface area contributed by atoms with Gasteiger partial charge in [0.2, 0.25) is 0 Å². The molecule has 0 saturated heterocycles. The number of fused-ring (bicyclic) bond motifs is 3. The van der Waals surface area contributed by atoms with Gasteiger partial charge in [0, 0.05) is 11.6 Å². The van der Waals surface area contributed by atoms with Crippen LogP contribution in [0.5, 0.6) is 0 Å². The molecule has 0 saturated carbocycles. The number of rotatable bonds is 0. The van der Waals surface area contributed by atoms with Gasteiger partial charge < -0.3 is 0 Å². The molecule has 0 fully saturated rings. The van der Waals surface area contributed by atoms with Gasteiger partial charge in [0.15, 0.2) is 0 Å². The lowest BCUT2D eigenvalue weighted by Gasteiger charge is -2.14. The highest BCUT2D eigenvalue weighted by Crippen LogP contribution is 2.40. The lowest BCUT2D eigenvalue weighted by Crippen LogP contribution is -1.86. The lowest BCUT2D eigenvalue weighted by atomic mass is 9.89. The maximum absolute atomic E-state index is 10.1. The first-order chi connectivity index (χ1) is 12.8. The largest absolute Gasteiger partial charge is 0.254 e. The molecule has 1 aliphatic heterocycles. The number of aliphatic imine (C=N–C) groups is 1. The first kappa shape index (κ1) is 15.2. The highest BCUT2D eigenvalue weighted by molar-refractivity contribution is 8.01. The summed E-state index contributed by atoms with van der Waals surface area (Å²) in [6.07, 6.45) is 1.52. The van der Waals surface area contributed by atoms with E-state index in [0.717, 1.165) is 0 Å². The zero-order valence-corrected chi connectivity index (χ0v) is 14.7. The second-order valence-electron chi connectivity index (χ2n) is 6.29. The molecule has 6 rings (SSSR count). The van der Waals surface area contributed by atoms with Crippen molar-refractivity contribution in [2.75, 3.05) is 0 Å². The third kappa shape index (κ3) is 2.32. The van der Waals surface area contributed by atoms with Crippen LogP contribution < -0.4 is 0 Å². The van der Waals surface area contributed by atoms with Crippen LogP contribution in [0.4, 0.5) is 0 Å². The molecule has 1 unspecified atom stereocenters. The predicted molar refractivity (Wildman–Crippen MR) is 113 cm³/mol. The standard InChI is InChI=1S/C20H12.C3H3NOS/c1-2-8-16-15(7-1)17-9-3-5-13-11-12-14-6-4-10-18(16)20(14)19(13)17;5-6-2-1-4-3-6/h1-12H;1-3H. The lowest BCUT2D eigenvalue weighted by molar-refractivity contribution is 0.695. The molecule has 0 amide bonds. The third-order valence-electron chi connectivity index (χ3n) is 4.84. The fourth-order valence-electron chi connectivity index (χ4n) is 3.78. The molecular weight excluding hydrogens is 338 g/mol. The van der Waals surface area contributed by atoms with Crippen LogP contribution in [0.1, 0.15) is 0 Å². The second kappa shape index (κ2) is 6.04. The Morgan fingerprint density at radius 3 is 1.58 bits per heavy atom. The Morgan fingerprint density at radius 2 is 1.15 bits per heavy atom. The summed E-state index contributed by atoms with van der Waals surface area (Å²) in [6.45, 7) is 0. The van der Waals surface area contributed by atoms with E-state index in [1.807, 2.05) is 0 Å². The molecule has 0 N–H and O–H groups in total. The van der Waals surface area contributed by atoms with Gasteiger partial charge in [-0.2, -0.15) is 0 Å². The van der Waals surface area contributed by atoms with Crippen LogP contribution in [0.25, 0.3) is 43.1 Å². The van der Waals surface area contributed by atoms with Gasteiger partial charge in [0.05, 0.1) is 16.3 Å². The summed E-state index contributed by atoms with van der Waals surface area (Å²) >= 11 is 0. The van der Waals surface area contributed by atoms with E-state index in [4.69, 9.17) is 0 Å². The maximum atomic E-state index is 10.1. The average Bonchev–Trinajstić information content (AvgIpc) is 3.18. The third-order valence-corrected chi connectivity index (χ3v) is 5.56. The summed E-state index contributed by atoms with van der Waals surface area (Å²) in [6, 6.07) is 26.4. The molecule has 1 atom stereocenters. The molecule has 2 nitrogen and oxygen atoms in total. The van der Waals surface area contributed by atoms with E-state index >= 15 is 0 Å². The molecular formula is C23H15NOS. The fourth-order valence-corrected chi connectivity index (χ4v) is 4.23. The summed E-state index contributed by atoms with van der Waals surface area (Å²) in [5, 5.41) is 12.4. The van der Waals surface area contributed by atoms with E-state index in [9.17, 15) is 4.21 Å². The fraction of sp³-hybridized carbons (Fsp3) is 0. The summed E-state index contributed by atoms with van der Waals surface area (Å²) in [5.74, 6) is 0. The molecule has 0 spiro atoms. The van der Waals surface area contributed by atoms with Gasteiger partial charge in [0.1, 0.15) is 0 Å². The van der Waals surface area contributed by atoms with Crippen molar-refractivity contribution in [1.82, 2.24) is 0 Å². The van der Waals surface area contributed by atoms with Gasteiger partial charge in [0.25, 0.3) is 0 Å². The molecule has 26 heavy (non-hydrogen) atoms. The van der Waals surface area contributed by atoms with E-state index in [-0.39, 0.29) is 0 Å². The zero-order chi connectivity index (χ0) is 17.5. The SMILES string of the molecule is O=S1C=CN=C1.c1ccc2c(c1)c1cccc3ccc4cccc2c4c31. The van der Waals surface area contributed by atoms with Crippen LogP contribution in [0.15, 0.2) is 89.4 Å². The normalized spacial score (nSPS) is 15.9. The summed E-state index contributed by atoms with van der Waals surface area (Å²) in [5.41, 5.74) is 1.39. The molecule has 5 aromatic rings. The Bertz CT molecular complexity index is 1250. The van der Waals surface area contributed by atoms with Gasteiger partial charge in [-0.15, -0.1) is 0 Å². The van der Waals surface area contributed by atoms with Gasteiger partial charge >= 0.3 is 0 Å². The molecule has 1 aliphatic rings. The molecule has 0 aliphatic carbocycles. The van der Waals surface area contributed by atoms with Gasteiger partial charge in [-0.05, 0) is 43.1 Å². The van der Waals surface area contributed by atoms with Gasteiger partial charge in [-0.1, -0.05) is 72.8 Å². The van der Waals surface area contributed by atoms with Crippen LogP contribution in [0, 0.1) is 0 Å². The van der Waals surface area contributed by atoms with Crippen molar-refractivity contribution in [3.8, 4) is 0 Å². The quantitative estimate of drug-likeness (QED) is 0.248. The van der Waals surface area contributed by atoms with Crippen molar-refractivity contribution < 1.29 is 4.21 Å². The molecule has 5 aromatic carbocycles. The topological polar surface area (TPSA) is 29.4 Å². The summed E-state index contributed by atoms with van der Waals surface area (Å²) in [7, 11) is -0.895. The van der Waals surface area contributed by atoms with Crippen molar-refractivity contribution >= 4 is 59.4 Å². The maximum Gasteiger partial charge on any atom is 0.0952 e. The second-order valence-corrected chi connectivity index (χ2v) is 7.43. The van der Waals surface area contributed by atoms with Crippen molar-refractivity contribution in [3.63, 3.8) is 0 Å². The average molecular weight is 353 g/mol. The molecule has 1 heterocycles. The first-order valence-electron chi connectivity index (χ1n) is 8.46. The van der Waals surface area contributed by atoms with Crippen LogP contribution in [0.3, 0.4) is 0 Å². The highest BCUT2D eigenvalue weighted by Gasteiger charge is 2.11. The van der Waals surface area contributed by atoms with Gasteiger partial charge in [-0.25, -0.2) is 4.21 Å². The Hall–Kier alpha value is -3.04. The molecule has 0 aromatic heterocycles. The minimum atomic E-state index is -0.895. The number of benzene rings is 5. The van der Waals surface area contributed by atoms with Crippen molar-refractivity contribution in [3.05, 3.63) is 84.4 Å². The van der Waals surface area contributed by atoms with E-state index in [1.54, 1.807) is 0 Å². The molecule has 0 radical (unpaired) electrons. The van der Waals surface area contributed by atoms with E-state index < -0.39 is 10.8 Å². The highest BCUT2D eigenvalue weighted by atomic mass is 32.2. The Morgan fingerprint density at radius 1 is 0.615 bits per heavy atom. The van der Waals surface area contributed by atoms with E-state index in [1.165, 1.54) is 60.2 Å². The number of hydrogen-bond donors (Lipinski definition) is 0. The summed E-state index contributed by atoms with van der Waals surface area (Å²) < 4.78 is 10.1. The van der Waals surface area contributed by atoms with E-state index in [2.05, 4.69) is 77.8 Å². The predicted octanol–water partition coefficient (Wildman–Crippen LogP) is 5.99. The van der Waals surface area contributed by atoms with Crippen molar-refractivity contribution in [2.24, 2.45) is 4.99 Å². The number of nitrogens with zero attached hydrogens (tertiary/aromatic N) is 1. The van der Waals surface area contributed by atoms with Crippen LogP contribution in [-0.2, 0) is 10.8 Å². The Kier molecular flexibility index (Phi) is 3.54. The minimum Gasteiger partial charge on any atom is -0.254 e. The Balaban J connectivity index is 0.000000215.